The molecule has 0 unspecified atom stereocenters. The number of aldehydes is 2. The van der Waals surface area contributed by atoms with Crippen LogP contribution in [0.4, 0.5) is 4.79 Å². The first-order valence-electron chi connectivity index (χ1n) is 9.53. The van der Waals surface area contributed by atoms with Gasteiger partial charge in [-0.2, -0.15) is 0 Å². The standard InChI is InChI=1S/C15H20N2O5.C6H4O4/c1-15(2,3)22-14(20)17-7-10(8-17)16(4)13(19)12-6-5-11(9-18)21-12;7-3-4-1-2-5(10-4)6(8)9/h5-6,9-10H,7-8H2,1-4H3;1-3H,(H,8,9). The summed E-state index contributed by atoms with van der Waals surface area (Å²) < 4.78 is 14.9. The number of likely N-dealkylation sites (tertiary alicyclic amines) is 1. The number of likely N-dealkylation sites (N-methyl/N-ethyl adjacent to an activating group) is 1. The van der Waals surface area contributed by atoms with Crippen LogP contribution in [0.5, 0.6) is 0 Å². The van der Waals surface area contributed by atoms with Gasteiger partial charge in [0, 0.05) is 20.1 Å². The third kappa shape index (κ3) is 6.30. The summed E-state index contributed by atoms with van der Waals surface area (Å²) in [5.41, 5.74) is -0.538. The van der Waals surface area contributed by atoms with Gasteiger partial charge in [0.2, 0.25) is 5.76 Å². The quantitative estimate of drug-likeness (QED) is 0.681. The highest BCUT2D eigenvalue weighted by Crippen LogP contribution is 2.20. The molecule has 0 radical (unpaired) electrons. The summed E-state index contributed by atoms with van der Waals surface area (Å²) in [6.07, 6.45) is 0.613. The van der Waals surface area contributed by atoms with Crippen LogP contribution in [0.3, 0.4) is 0 Å². The highest BCUT2D eigenvalue weighted by molar-refractivity contribution is 5.92. The van der Waals surface area contributed by atoms with Crippen molar-refractivity contribution >= 4 is 30.5 Å². The molecule has 2 aromatic rings. The number of nitrogens with zero attached hydrogens (tertiary/aromatic N) is 2. The normalized spacial score (nSPS) is 13.3. The molecule has 1 fully saturated rings. The van der Waals surface area contributed by atoms with Gasteiger partial charge in [0.15, 0.2) is 29.9 Å². The fourth-order valence-corrected chi connectivity index (χ4v) is 2.58. The van der Waals surface area contributed by atoms with Crippen LogP contribution in [0.2, 0.25) is 0 Å². The van der Waals surface area contributed by atoms with Crippen molar-refractivity contribution in [3.05, 3.63) is 47.3 Å². The first-order chi connectivity index (χ1) is 14.9. The van der Waals surface area contributed by atoms with Gasteiger partial charge in [-0.1, -0.05) is 0 Å². The second kappa shape index (κ2) is 9.94. The highest BCUT2D eigenvalue weighted by Gasteiger charge is 2.38. The molecule has 0 bridgehead atoms. The average Bonchev–Trinajstić information content (AvgIpc) is 3.34. The van der Waals surface area contributed by atoms with Crippen LogP contribution in [0.25, 0.3) is 0 Å². The number of carboxylic acids is 1. The van der Waals surface area contributed by atoms with E-state index in [1.165, 1.54) is 29.2 Å². The second-order valence-corrected chi connectivity index (χ2v) is 7.90. The van der Waals surface area contributed by atoms with Gasteiger partial charge in [-0.3, -0.25) is 14.4 Å². The summed E-state index contributed by atoms with van der Waals surface area (Å²) in [6.45, 7) is 6.24. The fraction of sp³-hybridized carbons (Fsp3) is 0.381. The van der Waals surface area contributed by atoms with Crippen LogP contribution in [-0.4, -0.2) is 77.2 Å². The zero-order chi connectivity index (χ0) is 24.1. The number of hydrogen-bond donors (Lipinski definition) is 1. The van der Waals surface area contributed by atoms with Gasteiger partial charge in [-0.15, -0.1) is 0 Å². The van der Waals surface area contributed by atoms with Crippen molar-refractivity contribution in [2.24, 2.45) is 0 Å². The molecule has 2 amide bonds. The van der Waals surface area contributed by atoms with Crippen molar-refractivity contribution in [1.29, 1.82) is 0 Å². The second-order valence-electron chi connectivity index (χ2n) is 7.90. The maximum atomic E-state index is 12.2. The summed E-state index contributed by atoms with van der Waals surface area (Å²) in [6, 6.07) is 5.35. The van der Waals surface area contributed by atoms with E-state index in [4.69, 9.17) is 14.3 Å². The lowest BCUT2D eigenvalue weighted by Gasteiger charge is -2.43. The van der Waals surface area contributed by atoms with E-state index in [1.807, 2.05) is 0 Å². The molecule has 32 heavy (non-hydrogen) atoms. The van der Waals surface area contributed by atoms with Gasteiger partial charge in [0.05, 0.1) is 6.04 Å². The van der Waals surface area contributed by atoms with Crippen LogP contribution in [0, 0.1) is 0 Å². The molecule has 0 atom stereocenters. The number of carboxylic acid groups (broad SMARTS) is 1. The van der Waals surface area contributed by atoms with E-state index in [9.17, 15) is 24.0 Å². The van der Waals surface area contributed by atoms with Gasteiger partial charge in [-0.25, -0.2) is 9.59 Å². The van der Waals surface area contributed by atoms with E-state index in [2.05, 4.69) is 4.42 Å². The molecule has 172 valence electrons. The Morgan fingerprint density at radius 1 is 1.03 bits per heavy atom. The maximum absolute atomic E-state index is 12.2. The number of carbonyl (C=O) groups is 5. The van der Waals surface area contributed by atoms with Crippen LogP contribution in [0.1, 0.15) is 63.0 Å². The predicted octanol–water partition coefficient (Wildman–Crippen LogP) is 2.57. The number of hydrogen-bond acceptors (Lipinski definition) is 8. The smallest absolute Gasteiger partial charge is 0.410 e. The lowest BCUT2D eigenvalue weighted by atomic mass is 10.1. The number of rotatable bonds is 5. The molecule has 3 rings (SSSR count). The summed E-state index contributed by atoms with van der Waals surface area (Å²) in [5, 5.41) is 8.28. The minimum atomic E-state index is -1.17. The molecule has 11 nitrogen and oxygen atoms in total. The molecular weight excluding hydrogens is 424 g/mol. The lowest BCUT2D eigenvalue weighted by Crippen LogP contribution is -2.61. The predicted molar refractivity (Wildman–Crippen MR) is 109 cm³/mol. The van der Waals surface area contributed by atoms with Gasteiger partial charge >= 0.3 is 12.1 Å². The van der Waals surface area contributed by atoms with Gasteiger partial charge < -0.3 is 28.5 Å². The zero-order valence-electron chi connectivity index (χ0n) is 18.1. The van der Waals surface area contributed by atoms with Crippen molar-refractivity contribution in [1.82, 2.24) is 9.80 Å². The molecule has 1 N–H and O–H groups in total. The van der Waals surface area contributed by atoms with E-state index in [-0.39, 0.29) is 41.1 Å². The average molecular weight is 448 g/mol. The van der Waals surface area contributed by atoms with Crippen molar-refractivity contribution < 1.29 is 42.7 Å². The number of amides is 2. The van der Waals surface area contributed by atoms with Crippen molar-refractivity contribution in [3.8, 4) is 0 Å². The van der Waals surface area contributed by atoms with Crippen LogP contribution in [0.15, 0.2) is 33.1 Å². The molecule has 1 saturated heterocycles. The molecule has 0 spiro atoms. The van der Waals surface area contributed by atoms with E-state index in [1.54, 1.807) is 32.7 Å². The Balaban J connectivity index is 0.000000303. The molecule has 0 aromatic carbocycles. The molecular formula is C21H24N2O9. The number of ether oxygens (including phenoxy) is 1. The van der Waals surface area contributed by atoms with Gasteiger partial charge in [0.1, 0.15) is 5.60 Å². The van der Waals surface area contributed by atoms with Crippen molar-refractivity contribution in [2.75, 3.05) is 20.1 Å². The Morgan fingerprint density at radius 3 is 1.94 bits per heavy atom. The van der Waals surface area contributed by atoms with E-state index in [0.29, 0.717) is 25.7 Å². The first-order valence-corrected chi connectivity index (χ1v) is 9.53. The third-order valence-corrected chi connectivity index (χ3v) is 4.29. The molecule has 3 heterocycles. The Hall–Kier alpha value is -3.89. The minimum absolute atomic E-state index is 0.0254. The Bertz CT molecular complexity index is 993. The van der Waals surface area contributed by atoms with Crippen molar-refractivity contribution in [3.63, 3.8) is 0 Å². The SMILES string of the molecule is CN(C(=O)c1ccc(C=O)o1)C1CN(C(=O)OC(C)(C)C)C1.O=Cc1ccc(C(=O)O)o1. The minimum Gasteiger partial charge on any atom is -0.475 e. The Labute approximate surface area is 183 Å². The maximum Gasteiger partial charge on any atom is 0.410 e. The van der Waals surface area contributed by atoms with E-state index in [0.717, 1.165) is 0 Å². The van der Waals surface area contributed by atoms with Crippen LogP contribution in [-0.2, 0) is 4.74 Å². The molecule has 11 heteroatoms. The Kier molecular flexibility index (Phi) is 7.58. The summed E-state index contributed by atoms with van der Waals surface area (Å²) in [7, 11) is 1.64. The number of carbonyl (C=O) groups excluding carboxylic acids is 4. The molecule has 1 aliphatic heterocycles. The number of aromatic carboxylic acids is 1. The first kappa shape index (κ1) is 24.4. The Morgan fingerprint density at radius 2 is 1.53 bits per heavy atom. The zero-order valence-corrected chi connectivity index (χ0v) is 18.1. The van der Waals surface area contributed by atoms with Crippen molar-refractivity contribution in [2.45, 2.75) is 32.4 Å². The molecule has 2 aromatic heterocycles. The highest BCUT2D eigenvalue weighted by atomic mass is 16.6. The molecule has 1 aliphatic rings. The molecule has 0 aliphatic carbocycles. The van der Waals surface area contributed by atoms with Crippen LogP contribution >= 0.6 is 0 Å². The van der Waals surface area contributed by atoms with Gasteiger partial charge in [0.25, 0.3) is 5.91 Å². The fourth-order valence-electron chi connectivity index (χ4n) is 2.58. The summed E-state index contributed by atoms with van der Waals surface area (Å²) >= 11 is 0. The monoisotopic (exact) mass is 448 g/mol. The molecule has 0 saturated carbocycles. The lowest BCUT2D eigenvalue weighted by molar-refractivity contribution is -0.00955. The van der Waals surface area contributed by atoms with Gasteiger partial charge in [-0.05, 0) is 45.0 Å². The summed E-state index contributed by atoms with van der Waals surface area (Å²) in [4.78, 5) is 57.7. The van der Waals surface area contributed by atoms with E-state index >= 15 is 0 Å². The van der Waals surface area contributed by atoms with E-state index < -0.39 is 11.6 Å². The topological polar surface area (TPSA) is 148 Å². The third-order valence-electron chi connectivity index (χ3n) is 4.29. The number of furan rings is 2. The van der Waals surface area contributed by atoms with Crippen LogP contribution < -0.4 is 0 Å². The largest absolute Gasteiger partial charge is 0.475 e. The summed E-state index contributed by atoms with van der Waals surface area (Å²) in [5.74, 6) is -1.46.